The predicted molar refractivity (Wildman–Crippen MR) is 60.6 cm³/mol. The first kappa shape index (κ1) is 13.7. The lowest BCUT2D eigenvalue weighted by Crippen LogP contribution is -2.06. The van der Waals surface area contributed by atoms with Crippen molar-refractivity contribution in [2.45, 2.75) is 39.5 Å². The van der Waals surface area contributed by atoms with Gasteiger partial charge in [-0.2, -0.15) is 0 Å². The van der Waals surface area contributed by atoms with E-state index >= 15 is 0 Å². The zero-order chi connectivity index (χ0) is 10.8. The van der Waals surface area contributed by atoms with Gasteiger partial charge in [0, 0.05) is 14.2 Å². The quantitative estimate of drug-likeness (QED) is 0.560. The molecule has 0 heterocycles. The minimum absolute atomic E-state index is 0.711. The highest BCUT2D eigenvalue weighted by Gasteiger charge is 2.05. The lowest BCUT2D eigenvalue weighted by atomic mass is 10.00. The summed E-state index contributed by atoms with van der Waals surface area (Å²) in [5, 5.41) is 0. The first-order valence-corrected chi connectivity index (χ1v) is 5.47. The topological polar surface area (TPSA) is 18.5 Å². The molecule has 2 heteroatoms. The van der Waals surface area contributed by atoms with Crippen LogP contribution in [0, 0.1) is 0 Å². The van der Waals surface area contributed by atoms with Crippen LogP contribution < -0.4 is 0 Å². The molecule has 0 radical (unpaired) electrons. The summed E-state index contributed by atoms with van der Waals surface area (Å²) in [5.41, 5.74) is 2.86. The monoisotopic (exact) mass is 200 g/mol. The van der Waals surface area contributed by atoms with E-state index in [0.29, 0.717) is 13.2 Å². The van der Waals surface area contributed by atoms with Gasteiger partial charge in [0.15, 0.2) is 0 Å². The van der Waals surface area contributed by atoms with Gasteiger partial charge < -0.3 is 9.47 Å². The molecular weight excluding hydrogens is 176 g/mol. The van der Waals surface area contributed by atoms with E-state index < -0.39 is 0 Å². The summed E-state index contributed by atoms with van der Waals surface area (Å²) in [7, 11) is 3.48. The van der Waals surface area contributed by atoms with Gasteiger partial charge in [0.25, 0.3) is 0 Å². The van der Waals surface area contributed by atoms with Crippen LogP contribution in [0.15, 0.2) is 11.1 Å². The average Bonchev–Trinajstić information content (AvgIpc) is 2.17. The Hall–Kier alpha value is -0.340. The van der Waals surface area contributed by atoms with Crippen LogP contribution in [0.25, 0.3) is 0 Å². The molecule has 0 aromatic rings. The molecule has 0 atom stereocenters. The number of allylic oxidation sites excluding steroid dienone is 1. The van der Waals surface area contributed by atoms with Gasteiger partial charge in [-0.3, -0.25) is 0 Å². The molecule has 0 saturated carbocycles. The molecule has 0 aliphatic heterocycles. The van der Waals surface area contributed by atoms with Crippen molar-refractivity contribution in [3.05, 3.63) is 11.1 Å². The molecule has 0 unspecified atom stereocenters. The second kappa shape index (κ2) is 9.22. The Morgan fingerprint density at radius 3 is 1.50 bits per heavy atom. The second-order valence-corrected chi connectivity index (χ2v) is 3.57. The fraction of sp³-hybridized carbons (Fsp3) is 0.833. The zero-order valence-corrected chi connectivity index (χ0v) is 10.1. The molecule has 14 heavy (non-hydrogen) atoms. The van der Waals surface area contributed by atoms with E-state index in [4.69, 9.17) is 9.47 Å². The molecule has 0 aliphatic rings. The Bertz CT molecular complexity index is 128. The third-order valence-corrected chi connectivity index (χ3v) is 2.24. The number of hydrogen-bond donors (Lipinski definition) is 0. The van der Waals surface area contributed by atoms with Crippen molar-refractivity contribution in [1.29, 1.82) is 0 Å². The normalized spacial score (nSPS) is 10.3. The molecule has 0 fully saturated rings. The fourth-order valence-corrected chi connectivity index (χ4v) is 1.68. The van der Waals surface area contributed by atoms with E-state index in [2.05, 4.69) is 13.8 Å². The van der Waals surface area contributed by atoms with E-state index in [-0.39, 0.29) is 0 Å². The van der Waals surface area contributed by atoms with Gasteiger partial charge in [0.05, 0.1) is 13.2 Å². The molecule has 0 aromatic heterocycles. The Kier molecular flexibility index (Phi) is 9.00. The van der Waals surface area contributed by atoms with Crippen LogP contribution in [0.2, 0.25) is 0 Å². The van der Waals surface area contributed by atoms with E-state index in [1.165, 1.54) is 36.8 Å². The molecule has 0 amide bonds. The summed E-state index contributed by atoms with van der Waals surface area (Å²) < 4.78 is 10.4. The minimum Gasteiger partial charge on any atom is -0.380 e. The molecule has 0 spiro atoms. The molecule has 0 aromatic carbocycles. The SMILES string of the molecule is CCCC(CCC)=C(COC)COC. The third-order valence-electron chi connectivity index (χ3n) is 2.24. The largest absolute Gasteiger partial charge is 0.380 e. The highest BCUT2D eigenvalue weighted by atomic mass is 16.5. The first-order chi connectivity index (χ1) is 6.79. The Morgan fingerprint density at radius 1 is 0.786 bits per heavy atom. The van der Waals surface area contributed by atoms with Crippen molar-refractivity contribution in [3.8, 4) is 0 Å². The highest BCUT2D eigenvalue weighted by Crippen LogP contribution is 2.17. The number of hydrogen-bond acceptors (Lipinski definition) is 2. The van der Waals surface area contributed by atoms with Crippen molar-refractivity contribution < 1.29 is 9.47 Å². The maximum Gasteiger partial charge on any atom is 0.0697 e. The smallest absolute Gasteiger partial charge is 0.0697 e. The van der Waals surface area contributed by atoms with Gasteiger partial charge >= 0.3 is 0 Å². The molecule has 2 nitrogen and oxygen atoms in total. The van der Waals surface area contributed by atoms with Gasteiger partial charge in [-0.25, -0.2) is 0 Å². The molecule has 0 bridgehead atoms. The van der Waals surface area contributed by atoms with Crippen LogP contribution in [0.1, 0.15) is 39.5 Å². The van der Waals surface area contributed by atoms with Crippen molar-refractivity contribution >= 4 is 0 Å². The van der Waals surface area contributed by atoms with Crippen LogP contribution in [0.4, 0.5) is 0 Å². The van der Waals surface area contributed by atoms with Crippen LogP contribution in [-0.4, -0.2) is 27.4 Å². The molecule has 0 saturated heterocycles. The Morgan fingerprint density at radius 2 is 1.21 bits per heavy atom. The summed E-state index contributed by atoms with van der Waals surface area (Å²) in [5.74, 6) is 0. The number of ether oxygens (including phenoxy) is 2. The average molecular weight is 200 g/mol. The molecular formula is C12H24O2. The van der Waals surface area contributed by atoms with E-state index in [1.807, 2.05) is 0 Å². The maximum absolute atomic E-state index is 5.19. The van der Waals surface area contributed by atoms with Crippen molar-refractivity contribution in [2.24, 2.45) is 0 Å². The predicted octanol–water partition coefficient (Wildman–Crippen LogP) is 3.18. The zero-order valence-electron chi connectivity index (χ0n) is 10.1. The van der Waals surface area contributed by atoms with Gasteiger partial charge in [0.2, 0.25) is 0 Å². The molecule has 0 N–H and O–H groups in total. The number of methoxy groups -OCH3 is 2. The van der Waals surface area contributed by atoms with Gasteiger partial charge in [0.1, 0.15) is 0 Å². The highest BCUT2D eigenvalue weighted by molar-refractivity contribution is 5.15. The minimum atomic E-state index is 0.711. The third kappa shape index (κ3) is 5.40. The summed E-state index contributed by atoms with van der Waals surface area (Å²) in [6, 6.07) is 0. The Labute approximate surface area is 88.3 Å². The lowest BCUT2D eigenvalue weighted by molar-refractivity contribution is 0.179. The fourth-order valence-electron chi connectivity index (χ4n) is 1.68. The van der Waals surface area contributed by atoms with E-state index in [0.717, 1.165) is 0 Å². The Balaban J connectivity index is 4.45. The summed E-state index contributed by atoms with van der Waals surface area (Å²) in [6.45, 7) is 5.85. The van der Waals surface area contributed by atoms with Crippen LogP contribution in [0.5, 0.6) is 0 Å². The lowest BCUT2D eigenvalue weighted by Gasteiger charge is -2.13. The van der Waals surface area contributed by atoms with E-state index in [1.54, 1.807) is 14.2 Å². The van der Waals surface area contributed by atoms with E-state index in [9.17, 15) is 0 Å². The standard InChI is InChI=1S/C12H24O2/c1-5-7-11(8-6-2)12(9-13-3)10-14-4/h5-10H2,1-4H3. The maximum atomic E-state index is 5.19. The van der Waals surface area contributed by atoms with Crippen molar-refractivity contribution in [2.75, 3.05) is 27.4 Å². The molecule has 0 rings (SSSR count). The summed E-state index contributed by atoms with van der Waals surface area (Å²) in [6.07, 6.45) is 4.75. The van der Waals surface area contributed by atoms with Gasteiger partial charge in [-0.05, 0) is 18.4 Å². The second-order valence-electron chi connectivity index (χ2n) is 3.57. The van der Waals surface area contributed by atoms with Crippen LogP contribution in [0.3, 0.4) is 0 Å². The summed E-state index contributed by atoms with van der Waals surface area (Å²) in [4.78, 5) is 0. The van der Waals surface area contributed by atoms with Crippen molar-refractivity contribution in [3.63, 3.8) is 0 Å². The number of rotatable bonds is 8. The molecule has 84 valence electrons. The van der Waals surface area contributed by atoms with Crippen LogP contribution in [-0.2, 0) is 9.47 Å². The molecule has 0 aliphatic carbocycles. The van der Waals surface area contributed by atoms with Crippen LogP contribution >= 0.6 is 0 Å². The first-order valence-electron chi connectivity index (χ1n) is 5.47. The van der Waals surface area contributed by atoms with Crippen molar-refractivity contribution in [1.82, 2.24) is 0 Å². The van der Waals surface area contributed by atoms with Gasteiger partial charge in [-0.1, -0.05) is 32.3 Å². The summed E-state index contributed by atoms with van der Waals surface area (Å²) >= 11 is 0. The van der Waals surface area contributed by atoms with Gasteiger partial charge in [-0.15, -0.1) is 0 Å².